The molecule has 0 spiro atoms. The van der Waals surface area contributed by atoms with Gasteiger partial charge < -0.3 is 9.80 Å². The minimum Gasteiger partial charge on any atom is -0.329 e. The topological polar surface area (TPSA) is 18.8 Å². The Morgan fingerprint density at radius 3 is 2.71 bits per heavy atom. The third-order valence-electron chi connectivity index (χ3n) is 5.23. The molecule has 0 N–H and O–H groups in total. The number of nitrogens with zero attached hydrogens (tertiary/aromatic N) is 3. The maximum atomic E-state index is 6.37. The van der Waals surface area contributed by atoms with E-state index in [9.17, 15) is 0 Å². The zero-order chi connectivity index (χ0) is 16.1. The number of halogens is 1. The highest BCUT2D eigenvalue weighted by Gasteiger charge is 2.40. The van der Waals surface area contributed by atoms with Gasteiger partial charge in [0.05, 0.1) is 12.6 Å². The zero-order valence-electron chi connectivity index (χ0n) is 13.5. The van der Waals surface area contributed by atoms with Gasteiger partial charge in [0.15, 0.2) is 0 Å². The summed E-state index contributed by atoms with van der Waals surface area (Å²) in [6.07, 6.45) is 2.68. The normalized spacial score (nSPS) is 22.2. The SMILES string of the molecule is Clc1ccc2c(c1)C(c1ccccc1)N1CCN=C1N2CC1CC1. The lowest BCUT2D eigenvalue weighted by Crippen LogP contribution is -2.49. The summed E-state index contributed by atoms with van der Waals surface area (Å²) in [5.74, 6) is 1.96. The fourth-order valence-electron chi connectivity index (χ4n) is 3.93. The van der Waals surface area contributed by atoms with Crippen LogP contribution in [0.1, 0.15) is 30.0 Å². The monoisotopic (exact) mass is 337 g/mol. The van der Waals surface area contributed by atoms with Gasteiger partial charge in [-0.25, -0.2) is 0 Å². The van der Waals surface area contributed by atoms with Gasteiger partial charge in [-0.05, 0) is 42.5 Å². The molecule has 0 saturated heterocycles. The van der Waals surface area contributed by atoms with Crippen LogP contribution in [0.4, 0.5) is 5.69 Å². The molecule has 3 nitrogen and oxygen atoms in total. The number of anilines is 1. The molecule has 4 heteroatoms. The highest BCUT2D eigenvalue weighted by atomic mass is 35.5. The highest BCUT2D eigenvalue weighted by molar-refractivity contribution is 6.30. The first-order valence-corrected chi connectivity index (χ1v) is 9.12. The van der Waals surface area contributed by atoms with E-state index in [4.69, 9.17) is 16.6 Å². The quantitative estimate of drug-likeness (QED) is 0.830. The van der Waals surface area contributed by atoms with Gasteiger partial charge in [0.1, 0.15) is 0 Å². The second-order valence-corrected chi connectivity index (χ2v) is 7.38. The van der Waals surface area contributed by atoms with Crippen molar-refractivity contribution in [1.82, 2.24) is 4.90 Å². The van der Waals surface area contributed by atoms with E-state index in [-0.39, 0.29) is 6.04 Å². The molecule has 2 aliphatic heterocycles. The molecule has 2 aromatic carbocycles. The molecular formula is C20H20ClN3. The molecule has 122 valence electrons. The van der Waals surface area contributed by atoms with Crippen LogP contribution in [0.25, 0.3) is 0 Å². The van der Waals surface area contributed by atoms with Crippen LogP contribution < -0.4 is 4.90 Å². The van der Waals surface area contributed by atoms with Crippen molar-refractivity contribution in [1.29, 1.82) is 0 Å². The maximum absolute atomic E-state index is 6.37. The van der Waals surface area contributed by atoms with Crippen molar-refractivity contribution < 1.29 is 0 Å². The minimum absolute atomic E-state index is 0.205. The summed E-state index contributed by atoms with van der Waals surface area (Å²) in [5.41, 5.74) is 3.88. The maximum Gasteiger partial charge on any atom is 0.202 e. The molecule has 0 bridgehead atoms. The van der Waals surface area contributed by atoms with Gasteiger partial charge in [-0.3, -0.25) is 4.99 Å². The highest BCUT2D eigenvalue weighted by Crippen LogP contribution is 2.44. The van der Waals surface area contributed by atoms with E-state index in [0.717, 1.165) is 36.5 Å². The predicted octanol–water partition coefficient (Wildman–Crippen LogP) is 4.33. The van der Waals surface area contributed by atoms with Crippen molar-refractivity contribution in [3.8, 4) is 0 Å². The summed E-state index contributed by atoms with van der Waals surface area (Å²) in [5, 5.41) is 0.806. The van der Waals surface area contributed by atoms with E-state index in [0.29, 0.717) is 0 Å². The van der Waals surface area contributed by atoms with Gasteiger partial charge in [0.25, 0.3) is 0 Å². The standard InChI is InChI=1S/C20H20ClN3/c21-16-8-9-18-17(12-16)19(15-4-2-1-3-5-15)23-11-10-22-20(23)24(18)13-14-6-7-14/h1-5,8-9,12,14,19H,6-7,10-11,13H2. The summed E-state index contributed by atoms with van der Waals surface area (Å²) in [7, 11) is 0. The number of fused-ring (bicyclic) bond motifs is 2. The minimum atomic E-state index is 0.205. The van der Waals surface area contributed by atoms with Crippen LogP contribution in [0.5, 0.6) is 0 Å². The molecule has 3 aliphatic rings. The summed E-state index contributed by atoms with van der Waals surface area (Å²) < 4.78 is 0. The molecule has 2 aromatic rings. The van der Waals surface area contributed by atoms with Gasteiger partial charge in [-0.15, -0.1) is 0 Å². The first kappa shape index (κ1) is 14.4. The largest absolute Gasteiger partial charge is 0.329 e. The Labute approximate surface area is 147 Å². The molecule has 1 aliphatic carbocycles. The smallest absolute Gasteiger partial charge is 0.202 e. The Morgan fingerprint density at radius 2 is 1.92 bits per heavy atom. The van der Waals surface area contributed by atoms with Crippen molar-refractivity contribution in [3.63, 3.8) is 0 Å². The van der Waals surface area contributed by atoms with E-state index in [1.165, 1.54) is 29.7 Å². The summed E-state index contributed by atoms with van der Waals surface area (Å²) in [6, 6.07) is 17.3. The van der Waals surface area contributed by atoms with E-state index in [1.807, 2.05) is 6.07 Å². The fourth-order valence-corrected chi connectivity index (χ4v) is 4.11. The van der Waals surface area contributed by atoms with Crippen LogP contribution in [0.3, 0.4) is 0 Å². The van der Waals surface area contributed by atoms with Crippen molar-refractivity contribution in [2.45, 2.75) is 18.9 Å². The first-order valence-electron chi connectivity index (χ1n) is 8.74. The van der Waals surface area contributed by atoms with Gasteiger partial charge in [-0.1, -0.05) is 41.9 Å². The number of rotatable bonds is 3. The van der Waals surface area contributed by atoms with E-state index in [1.54, 1.807) is 0 Å². The average molecular weight is 338 g/mol. The molecule has 0 amide bonds. The summed E-state index contributed by atoms with van der Waals surface area (Å²) in [6.45, 7) is 2.93. The molecule has 24 heavy (non-hydrogen) atoms. The number of guanidine groups is 1. The third kappa shape index (κ3) is 2.30. The second kappa shape index (κ2) is 5.52. The van der Waals surface area contributed by atoms with Gasteiger partial charge in [0, 0.05) is 29.4 Å². The van der Waals surface area contributed by atoms with Gasteiger partial charge in [-0.2, -0.15) is 0 Å². The van der Waals surface area contributed by atoms with E-state index >= 15 is 0 Å². The Bertz CT molecular complexity index is 798. The van der Waals surface area contributed by atoms with Gasteiger partial charge >= 0.3 is 0 Å². The average Bonchev–Trinajstić information content (AvgIpc) is 3.29. The van der Waals surface area contributed by atoms with Crippen LogP contribution in [0.2, 0.25) is 5.02 Å². The van der Waals surface area contributed by atoms with E-state index in [2.05, 4.69) is 52.3 Å². The molecule has 1 saturated carbocycles. The molecule has 1 fully saturated rings. The molecule has 1 unspecified atom stereocenters. The van der Waals surface area contributed by atoms with Gasteiger partial charge in [0.2, 0.25) is 5.96 Å². The lowest BCUT2D eigenvalue weighted by atomic mass is 9.93. The second-order valence-electron chi connectivity index (χ2n) is 6.95. The molecule has 5 rings (SSSR count). The lowest BCUT2D eigenvalue weighted by molar-refractivity contribution is 0.372. The molecule has 1 atom stereocenters. The van der Waals surface area contributed by atoms with Crippen molar-refractivity contribution in [3.05, 3.63) is 64.7 Å². The van der Waals surface area contributed by atoms with Crippen LogP contribution in [-0.2, 0) is 0 Å². The number of aliphatic imine (C=N–C) groups is 1. The van der Waals surface area contributed by atoms with Crippen LogP contribution >= 0.6 is 11.6 Å². The fraction of sp³-hybridized carbons (Fsp3) is 0.350. The van der Waals surface area contributed by atoms with Crippen molar-refractivity contribution in [2.24, 2.45) is 10.9 Å². The third-order valence-corrected chi connectivity index (χ3v) is 5.47. The van der Waals surface area contributed by atoms with Crippen LogP contribution in [0.15, 0.2) is 53.5 Å². The Kier molecular flexibility index (Phi) is 3.30. The van der Waals surface area contributed by atoms with E-state index < -0.39 is 0 Å². The lowest BCUT2D eigenvalue weighted by Gasteiger charge is -2.43. The predicted molar refractivity (Wildman–Crippen MR) is 98.8 cm³/mol. The zero-order valence-corrected chi connectivity index (χ0v) is 14.3. The molecule has 0 radical (unpaired) electrons. The first-order chi connectivity index (χ1) is 11.8. The van der Waals surface area contributed by atoms with Crippen LogP contribution in [-0.4, -0.2) is 30.5 Å². The van der Waals surface area contributed by atoms with Crippen molar-refractivity contribution in [2.75, 3.05) is 24.5 Å². The van der Waals surface area contributed by atoms with Crippen molar-refractivity contribution >= 4 is 23.2 Å². The molecular weight excluding hydrogens is 318 g/mol. The Balaban J connectivity index is 1.68. The number of benzene rings is 2. The summed E-state index contributed by atoms with van der Waals surface area (Å²) >= 11 is 6.37. The Morgan fingerprint density at radius 1 is 1.08 bits per heavy atom. The molecule has 0 aromatic heterocycles. The Hall–Kier alpha value is -2.00. The summed E-state index contributed by atoms with van der Waals surface area (Å²) in [4.78, 5) is 9.73. The number of hydrogen-bond donors (Lipinski definition) is 0. The number of hydrogen-bond acceptors (Lipinski definition) is 3. The molecule has 2 heterocycles. The van der Waals surface area contributed by atoms with Crippen LogP contribution in [0, 0.1) is 5.92 Å².